The van der Waals surface area contributed by atoms with Crippen LogP contribution in [0.3, 0.4) is 0 Å². The molecule has 148 valence electrons. The Morgan fingerprint density at radius 3 is 1.40 bits per heavy atom. The van der Waals surface area contributed by atoms with Gasteiger partial charge in [0.2, 0.25) is 0 Å². The topological polar surface area (TPSA) is 73.8 Å². The van der Waals surface area contributed by atoms with Crippen molar-refractivity contribution in [1.82, 2.24) is 0 Å². The number of rotatable bonds is 14. The molecule has 0 spiro atoms. The van der Waals surface area contributed by atoms with Gasteiger partial charge in [-0.2, -0.15) is 0 Å². The van der Waals surface area contributed by atoms with E-state index in [-0.39, 0.29) is 0 Å². The minimum Gasteiger partial charge on any atom is -0.394 e. The van der Waals surface area contributed by atoms with E-state index in [4.69, 9.17) is 34.5 Å². The Kier molecular flexibility index (Phi) is 10.4. The molecule has 0 aliphatic carbocycles. The van der Waals surface area contributed by atoms with Gasteiger partial charge in [-0.05, 0) is 24.5 Å². The van der Waals surface area contributed by atoms with Crippen molar-refractivity contribution in [1.29, 1.82) is 0 Å². The van der Waals surface area contributed by atoms with Crippen molar-refractivity contribution in [2.75, 3.05) is 35.5 Å². The van der Waals surface area contributed by atoms with Gasteiger partial charge >= 0.3 is 35.0 Å². The molecule has 0 aromatic rings. The summed E-state index contributed by atoms with van der Waals surface area (Å²) in [5.41, 5.74) is 3.02. The zero-order chi connectivity index (χ0) is 19.8. The fourth-order valence-corrected chi connectivity index (χ4v) is 15.5. The molecular weight excluding hydrogens is 396 g/mol. The van der Waals surface area contributed by atoms with Crippen molar-refractivity contribution >= 4 is 35.0 Å². The molecule has 1 unspecified atom stereocenters. The van der Waals surface area contributed by atoms with Gasteiger partial charge < -0.3 is 34.5 Å². The van der Waals surface area contributed by atoms with Gasteiger partial charge in [0.1, 0.15) is 0 Å². The van der Waals surface area contributed by atoms with Crippen LogP contribution in [0.15, 0.2) is 24.6 Å². The largest absolute Gasteiger partial charge is 0.521 e. The Morgan fingerprint density at radius 1 is 0.680 bits per heavy atom. The van der Waals surface area contributed by atoms with Crippen LogP contribution in [0.5, 0.6) is 0 Å². The molecule has 0 rings (SSSR count). The third-order valence-electron chi connectivity index (χ3n) is 3.48. The van der Waals surface area contributed by atoms with Gasteiger partial charge in [0, 0.05) is 41.6 Å². The highest BCUT2D eigenvalue weighted by Gasteiger charge is 2.55. The van der Waals surface area contributed by atoms with Crippen LogP contribution in [-0.2, 0) is 34.5 Å². The second kappa shape index (κ2) is 10.4. The van der Waals surface area contributed by atoms with Gasteiger partial charge in [0.15, 0.2) is 0 Å². The molecule has 0 amide bonds. The minimum atomic E-state index is -3.36. The molecule has 1 atom stereocenters. The molecule has 0 fully saturated rings. The van der Waals surface area contributed by atoms with E-state index in [1.807, 2.05) is 20.0 Å². The van der Waals surface area contributed by atoms with Gasteiger partial charge in [-0.25, -0.2) is 0 Å². The van der Waals surface area contributed by atoms with E-state index in [0.717, 1.165) is 0 Å². The third kappa shape index (κ3) is 6.60. The fraction of sp³-hybridized carbons (Fsp3) is 0.692. The summed E-state index contributed by atoms with van der Waals surface area (Å²) < 4.78 is 46.0. The maximum atomic E-state index is 6.24. The van der Waals surface area contributed by atoms with E-state index in [9.17, 15) is 0 Å². The zero-order valence-corrected chi connectivity index (χ0v) is 20.5. The van der Waals surface area contributed by atoms with Crippen LogP contribution in [0.1, 0.15) is 6.92 Å². The lowest BCUT2D eigenvalue weighted by atomic mass is 11.0. The normalized spacial score (nSPS) is 15.7. The van der Waals surface area contributed by atoms with Crippen LogP contribution >= 0.6 is 0 Å². The molecule has 25 heavy (non-hydrogen) atoms. The van der Waals surface area contributed by atoms with Crippen LogP contribution in [-0.4, -0.2) is 70.5 Å². The summed E-state index contributed by atoms with van der Waals surface area (Å²) in [5.74, 6) is 0. The summed E-state index contributed by atoms with van der Waals surface area (Å²) in [6.07, 6.45) is 0. The lowest BCUT2D eigenvalue weighted by Gasteiger charge is -2.40. The summed E-state index contributed by atoms with van der Waals surface area (Å²) >= 11 is 0. The smallest absolute Gasteiger partial charge is 0.394 e. The molecule has 0 saturated heterocycles. The first-order valence-corrected chi connectivity index (χ1v) is 16.1. The molecule has 0 aliphatic heterocycles. The second-order valence-corrected chi connectivity index (χ2v) is 18.0. The number of hydrogen-bond donors (Lipinski definition) is 0. The first-order chi connectivity index (χ1) is 11.6. The van der Waals surface area contributed by atoms with Crippen molar-refractivity contribution in [3.05, 3.63) is 24.6 Å². The first kappa shape index (κ1) is 25.0. The lowest BCUT2D eigenvalue weighted by molar-refractivity contribution is 0.106. The van der Waals surface area contributed by atoms with E-state index >= 15 is 0 Å². The van der Waals surface area contributed by atoms with Gasteiger partial charge in [0.25, 0.3) is 0 Å². The molecule has 0 aromatic carbocycles. The Morgan fingerprint density at radius 2 is 1.12 bits per heavy atom. The summed E-state index contributed by atoms with van der Waals surface area (Å²) in [7, 11) is -4.53. The van der Waals surface area contributed by atoms with Crippen molar-refractivity contribution in [2.24, 2.45) is 0 Å². The Labute approximate surface area is 156 Å². The highest BCUT2D eigenvalue weighted by atomic mass is 28.5. The molecule has 0 bridgehead atoms. The molecule has 0 N–H and O–H groups in total. The van der Waals surface area contributed by atoms with Crippen LogP contribution in [0.4, 0.5) is 0 Å². The quantitative estimate of drug-likeness (QED) is 0.390. The summed E-state index contributed by atoms with van der Waals surface area (Å²) in [6, 6.07) is 0.609. The molecule has 0 aliphatic rings. The van der Waals surface area contributed by atoms with Crippen LogP contribution < -0.4 is 0 Å². The Balaban J connectivity index is 5.60. The standard InChI is InChI=1S/C13H32O8Si4/c1-11-23(14-4,15-5)19-22(9,10)20-25(13-3,18-8)21-24(12-2,16-6)17-7/h12-13H,2-3,11H2,1,4-10H3. The predicted octanol–water partition coefficient (Wildman–Crippen LogP) is 2.26. The van der Waals surface area contributed by atoms with Crippen LogP contribution in [0, 0.1) is 0 Å². The van der Waals surface area contributed by atoms with Gasteiger partial charge in [-0.1, -0.05) is 20.1 Å². The van der Waals surface area contributed by atoms with E-state index in [0.29, 0.717) is 6.04 Å². The zero-order valence-electron chi connectivity index (χ0n) is 16.5. The van der Waals surface area contributed by atoms with Crippen LogP contribution in [0.2, 0.25) is 19.1 Å². The number of hydrogen-bond acceptors (Lipinski definition) is 8. The average Bonchev–Trinajstić information content (AvgIpc) is 2.63. The fourth-order valence-electron chi connectivity index (χ4n) is 2.11. The van der Waals surface area contributed by atoms with Crippen molar-refractivity contribution in [3.8, 4) is 0 Å². The van der Waals surface area contributed by atoms with Gasteiger partial charge in [0.05, 0.1) is 0 Å². The molecular formula is C13H32O8Si4. The van der Waals surface area contributed by atoms with Crippen LogP contribution in [0.25, 0.3) is 0 Å². The molecule has 0 saturated carbocycles. The molecule has 0 radical (unpaired) electrons. The summed E-state index contributed by atoms with van der Waals surface area (Å²) in [5, 5.41) is 0. The third-order valence-corrected chi connectivity index (χ3v) is 16.9. The Bertz CT molecular complexity index is 420. The maximum Gasteiger partial charge on any atom is 0.521 e. The van der Waals surface area contributed by atoms with E-state index in [2.05, 4.69) is 13.2 Å². The van der Waals surface area contributed by atoms with E-state index in [1.165, 1.54) is 32.7 Å². The molecule has 8 nitrogen and oxygen atoms in total. The second-order valence-electron chi connectivity index (χ2n) is 5.38. The molecule has 0 aromatic heterocycles. The van der Waals surface area contributed by atoms with E-state index in [1.54, 1.807) is 14.2 Å². The van der Waals surface area contributed by atoms with Crippen molar-refractivity contribution < 1.29 is 34.5 Å². The van der Waals surface area contributed by atoms with Crippen molar-refractivity contribution in [2.45, 2.75) is 26.1 Å². The highest BCUT2D eigenvalue weighted by molar-refractivity contribution is 6.87. The van der Waals surface area contributed by atoms with Gasteiger partial charge in [-0.3, -0.25) is 0 Å². The Hall–Kier alpha value is 0.0275. The molecule has 12 heteroatoms. The highest BCUT2D eigenvalue weighted by Crippen LogP contribution is 2.27. The molecule has 0 heterocycles. The monoisotopic (exact) mass is 428 g/mol. The SMILES string of the molecule is C=C[Si](OC)(OC)O[Si](C=C)(OC)O[Si](C)(C)O[Si](CC)(OC)OC. The van der Waals surface area contributed by atoms with Gasteiger partial charge in [-0.15, -0.1) is 0 Å². The lowest BCUT2D eigenvalue weighted by Crippen LogP contribution is -2.62. The van der Waals surface area contributed by atoms with Crippen molar-refractivity contribution in [3.63, 3.8) is 0 Å². The average molecular weight is 429 g/mol. The maximum absolute atomic E-state index is 6.24. The minimum absolute atomic E-state index is 0.609. The van der Waals surface area contributed by atoms with E-state index < -0.39 is 35.0 Å². The summed E-state index contributed by atoms with van der Waals surface area (Å²) in [6.45, 7) is 13.2. The summed E-state index contributed by atoms with van der Waals surface area (Å²) in [4.78, 5) is 0. The first-order valence-electron chi connectivity index (χ1n) is 7.74. The predicted molar refractivity (Wildman–Crippen MR) is 104 cm³/mol.